The molecule has 3 atom stereocenters. The summed E-state index contributed by atoms with van der Waals surface area (Å²) in [6.45, 7) is 6.07. The number of carbonyl (C=O) groups is 1. The smallest absolute Gasteiger partial charge is 0.273 e. The van der Waals surface area contributed by atoms with Gasteiger partial charge in [0, 0.05) is 24.3 Å². The first kappa shape index (κ1) is 24.4. The first-order valence-corrected chi connectivity index (χ1v) is 14.3. The SMILES string of the molecule is CNC(=O)c1nc([C@@H]2CSC([C@]3(C)CSC([C@]4(C)CSC(/C=C/c5ccccc5)=N4)=N3)=N2)oc1C. The molecule has 182 valence electrons. The Labute approximate surface area is 217 Å². The highest BCUT2D eigenvalue weighted by molar-refractivity contribution is 8.17. The van der Waals surface area contributed by atoms with Crippen molar-refractivity contribution in [1.29, 1.82) is 0 Å². The van der Waals surface area contributed by atoms with Crippen LogP contribution in [0.1, 0.15) is 47.6 Å². The lowest BCUT2D eigenvalue weighted by atomic mass is 10.1. The number of amides is 1. The fraction of sp³-hybridized carbons (Fsp3) is 0.400. The Morgan fingerprint density at radius 2 is 1.80 bits per heavy atom. The van der Waals surface area contributed by atoms with E-state index in [9.17, 15) is 4.79 Å². The zero-order valence-corrected chi connectivity index (χ0v) is 22.5. The van der Waals surface area contributed by atoms with Crippen LogP contribution in [0.25, 0.3) is 6.08 Å². The number of benzene rings is 1. The van der Waals surface area contributed by atoms with Crippen molar-refractivity contribution < 1.29 is 9.21 Å². The summed E-state index contributed by atoms with van der Waals surface area (Å²) in [5.41, 5.74) is 0.769. The van der Waals surface area contributed by atoms with E-state index in [-0.39, 0.29) is 17.5 Å². The van der Waals surface area contributed by atoms with Gasteiger partial charge in [0.15, 0.2) is 5.69 Å². The molecule has 7 nitrogen and oxygen atoms in total. The normalized spacial score (nSPS) is 28.3. The molecule has 2 aromatic rings. The fourth-order valence-corrected chi connectivity index (χ4v) is 7.74. The van der Waals surface area contributed by atoms with Crippen LogP contribution in [0, 0.1) is 6.92 Å². The van der Waals surface area contributed by atoms with Gasteiger partial charge in [-0.05, 0) is 32.4 Å². The molecular formula is C25H27N5O2S3. The molecule has 1 aromatic carbocycles. The van der Waals surface area contributed by atoms with Gasteiger partial charge in [0.05, 0.1) is 15.1 Å². The Kier molecular flexibility index (Phi) is 6.71. The third-order valence-electron chi connectivity index (χ3n) is 6.03. The number of thioether (sulfide) groups is 3. The lowest BCUT2D eigenvalue weighted by Crippen LogP contribution is -2.33. The molecule has 0 bridgehead atoms. The third kappa shape index (κ3) is 4.88. The molecule has 0 aliphatic carbocycles. The highest BCUT2D eigenvalue weighted by atomic mass is 32.2. The largest absolute Gasteiger partial charge is 0.443 e. The predicted molar refractivity (Wildman–Crippen MR) is 149 cm³/mol. The van der Waals surface area contributed by atoms with Crippen LogP contribution in [0.15, 0.2) is 55.8 Å². The van der Waals surface area contributed by atoms with E-state index in [0.29, 0.717) is 17.3 Å². The van der Waals surface area contributed by atoms with E-state index in [4.69, 9.17) is 19.4 Å². The van der Waals surface area contributed by atoms with Crippen molar-refractivity contribution in [2.75, 3.05) is 24.3 Å². The van der Waals surface area contributed by atoms with Crippen LogP contribution in [0.2, 0.25) is 0 Å². The number of nitrogens with zero attached hydrogens (tertiary/aromatic N) is 4. The van der Waals surface area contributed by atoms with E-state index in [1.54, 1.807) is 49.3 Å². The van der Waals surface area contributed by atoms with Crippen LogP contribution < -0.4 is 5.32 Å². The minimum Gasteiger partial charge on any atom is -0.443 e. The Hall–Kier alpha value is -2.30. The lowest BCUT2D eigenvalue weighted by Gasteiger charge is -2.20. The molecule has 3 aliphatic heterocycles. The van der Waals surface area contributed by atoms with E-state index in [1.165, 1.54) is 5.56 Å². The molecule has 0 saturated carbocycles. The number of aliphatic imine (C=N–C) groups is 3. The average Bonchev–Trinajstić information content (AvgIpc) is 3.64. The first-order valence-electron chi connectivity index (χ1n) is 11.4. The first-order chi connectivity index (χ1) is 16.8. The van der Waals surface area contributed by atoms with Gasteiger partial charge >= 0.3 is 0 Å². The predicted octanol–water partition coefficient (Wildman–Crippen LogP) is 5.05. The molecule has 3 aliphatic rings. The quantitative estimate of drug-likeness (QED) is 0.567. The van der Waals surface area contributed by atoms with E-state index in [1.807, 2.05) is 18.2 Å². The molecule has 0 saturated heterocycles. The minimum atomic E-state index is -0.392. The Morgan fingerprint density at radius 3 is 2.57 bits per heavy atom. The molecule has 1 aromatic heterocycles. The van der Waals surface area contributed by atoms with E-state index >= 15 is 0 Å². The summed E-state index contributed by atoms with van der Waals surface area (Å²) in [4.78, 5) is 31.6. The van der Waals surface area contributed by atoms with Gasteiger partial charge < -0.3 is 9.73 Å². The lowest BCUT2D eigenvalue weighted by molar-refractivity contribution is 0.0957. The maximum Gasteiger partial charge on any atom is 0.273 e. The molecule has 1 N–H and O–H groups in total. The number of hydrogen-bond donors (Lipinski definition) is 1. The summed E-state index contributed by atoms with van der Waals surface area (Å²) in [7, 11) is 1.59. The van der Waals surface area contributed by atoms with Crippen molar-refractivity contribution in [3.05, 3.63) is 59.3 Å². The van der Waals surface area contributed by atoms with Crippen LogP contribution in [-0.2, 0) is 0 Å². The molecule has 5 rings (SSSR count). The minimum absolute atomic E-state index is 0.210. The highest BCUT2D eigenvalue weighted by Crippen LogP contribution is 2.44. The Balaban J connectivity index is 1.33. The van der Waals surface area contributed by atoms with Gasteiger partial charge in [-0.25, -0.2) is 4.98 Å². The van der Waals surface area contributed by atoms with Crippen LogP contribution in [0.3, 0.4) is 0 Å². The second-order valence-corrected chi connectivity index (χ2v) is 12.0. The molecule has 4 heterocycles. The van der Waals surface area contributed by atoms with Gasteiger partial charge in [-0.3, -0.25) is 19.8 Å². The second kappa shape index (κ2) is 9.63. The van der Waals surface area contributed by atoms with Gasteiger partial charge in [-0.1, -0.05) is 36.4 Å². The van der Waals surface area contributed by atoms with Gasteiger partial charge in [-0.15, -0.1) is 35.3 Å². The van der Waals surface area contributed by atoms with Crippen LogP contribution >= 0.6 is 35.3 Å². The summed E-state index contributed by atoms with van der Waals surface area (Å²) in [5.74, 6) is 3.19. The standard InChI is InChI=1S/C25H27N5O2S3/c1-15-19(20(31)26-4)28-21(32-15)17-12-33-22(27-17)24(2)14-35-23(30-24)25(3)13-34-18(29-25)11-10-16-8-6-5-7-9-16/h5-11,17H,12-14H2,1-4H3,(H,26,31)/b11-10+/t17-,24-,25-/m0/s1. The molecule has 35 heavy (non-hydrogen) atoms. The third-order valence-corrected chi connectivity index (χ3v) is 10.1. The van der Waals surface area contributed by atoms with Gasteiger partial charge in [0.2, 0.25) is 5.89 Å². The molecule has 1 amide bonds. The Morgan fingerprint density at radius 1 is 1.06 bits per heavy atom. The van der Waals surface area contributed by atoms with E-state index < -0.39 is 5.54 Å². The zero-order chi connectivity index (χ0) is 24.6. The van der Waals surface area contributed by atoms with E-state index in [2.05, 4.69) is 48.4 Å². The average molecular weight is 526 g/mol. The topological polar surface area (TPSA) is 92.2 Å². The number of nitrogens with one attached hydrogen (secondary N) is 1. The Bertz CT molecular complexity index is 1270. The number of rotatable bonds is 6. The molecular weight excluding hydrogens is 499 g/mol. The monoisotopic (exact) mass is 525 g/mol. The van der Waals surface area contributed by atoms with Crippen molar-refractivity contribution in [1.82, 2.24) is 10.3 Å². The fourth-order valence-electron chi connectivity index (χ4n) is 4.02. The maximum absolute atomic E-state index is 12.0. The van der Waals surface area contributed by atoms with Crippen molar-refractivity contribution in [2.24, 2.45) is 15.0 Å². The van der Waals surface area contributed by atoms with Crippen molar-refractivity contribution in [3.8, 4) is 0 Å². The summed E-state index contributed by atoms with van der Waals surface area (Å²) in [6, 6.07) is 10.1. The van der Waals surface area contributed by atoms with Gasteiger partial charge in [0.1, 0.15) is 22.9 Å². The maximum atomic E-state index is 12.0. The van der Waals surface area contributed by atoms with Gasteiger partial charge in [-0.2, -0.15) is 0 Å². The number of carbonyl (C=O) groups excluding carboxylic acids is 1. The molecule has 0 fully saturated rings. The van der Waals surface area contributed by atoms with Crippen molar-refractivity contribution in [2.45, 2.75) is 37.9 Å². The number of hydrogen-bond acceptors (Lipinski definition) is 9. The van der Waals surface area contributed by atoms with Crippen molar-refractivity contribution >= 4 is 62.4 Å². The van der Waals surface area contributed by atoms with E-state index in [0.717, 1.165) is 32.4 Å². The number of aromatic nitrogens is 1. The summed E-state index contributed by atoms with van der Waals surface area (Å²) < 4.78 is 5.79. The van der Waals surface area contributed by atoms with Gasteiger partial charge in [0.25, 0.3) is 5.91 Å². The zero-order valence-electron chi connectivity index (χ0n) is 20.1. The summed E-state index contributed by atoms with van der Waals surface area (Å²) >= 11 is 5.25. The molecule has 0 unspecified atom stereocenters. The van der Waals surface area contributed by atoms with Crippen LogP contribution in [0.4, 0.5) is 0 Å². The van der Waals surface area contributed by atoms with Crippen LogP contribution in [-0.4, -0.2) is 61.4 Å². The second-order valence-electron chi connectivity index (χ2n) is 9.03. The molecule has 0 radical (unpaired) electrons. The molecule has 10 heteroatoms. The highest BCUT2D eigenvalue weighted by Gasteiger charge is 2.46. The number of aryl methyl sites for hydroxylation is 1. The number of oxazole rings is 1. The van der Waals surface area contributed by atoms with Crippen molar-refractivity contribution in [3.63, 3.8) is 0 Å². The van der Waals surface area contributed by atoms with Crippen LogP contribution in [0.5, 0.6) is 0 Å². The summed E-state index contributed by atoms with van der Waals surface area (Å²) in [5, 5.41) is 5.69. The molecule has 0 spiro atoms. The summed E-state index contributed by atoms with van der Waals surface area (Å²) in [6.07, 6.45) is 4.20.